The van der Waals surface area contributed by atoms with Gasteiger partial charge < -0.3 is 25.0 Å². The van der Waals surface area contributed by atoms with E-state index in [1.54, 1.807) is 18.2 Å². The topological polar surface area (TPSA) is 103 Å². The molecule has 3 heterocycles. The number of piperazine rings is 1. The SMILES string of the molecule is Nc1c2ccc(C(=O)N3CCN(c4ccccc4)CC3)cc2nc(=O)n1Cc1ccc2c(c1)OCO2. The zero-order valence-corrected chi connectivity index (χ0v) is 19.6. The molecule has 2 aliphatic rings. The number of carbonyl (C=O) groups excluding carboxylic acids is 1. The average Bonchev–Trinajstić information content (AvgIpc) is 3.39. The van der Waals surface area contributed by atoms with Crippen molar-refractivity contribution in [2.45, 2.75) is 6.54 Å². The van der Waals surface area contributed by atoms with Gasteiger partial charge in [-0.15, -0.1) is 0 Å². The number of ether oxygens (including phenoxy) is 2. The monoisotopic (exact) mass is 483 g/mol. The van der Waals surface area contributed by atoms with Gasteiger partial charge in [0.2, 0.25) is 6.79 Å². The molecule has 2 N–H and O–H groups in total. The number of aromatic nitrogens is 2. The van der Waals surface area contributed by atoms with Crippen LogP contribution in [0.2, 0.25) is 0 Å². The maximum atomic E-state index is 13.2. The summed E-state index contributed by atoms with van der Waals surface area (Å²) in [7, 11) is 0. The molecule has 36 heavy (non-hydrogen) atoms. The molecular weight excluding hydrogens is 458 g/mol. The Bertz CT molecular complexity index is 1510. The van der Waals surface area contributed by atoms with Crippen molar-refractivity contribution in [3.05, 3.63) is 88.3 Å². The van der Waals surface area contributed by atoms with Crippen LogP contribution in [0.4, 0.5) is 11.5 Å². The molecule has 0 saturated carbocycles. The van der Waals surface area contributed by atoms with Crippen LogP contribution in [0.15, 0.2) is 71.5 Å². The largest absolute Gasteiger partial charge is 0.454 e. The van der Waals surface area contributed by atoms with Crippen molar-refractivity contribution >= 4 is 28.3 Å². The Balaban J connectivity index is 1.21. The molecule has 0 bridgehead atoms. The minimum atomic E-state index is -0.473. The third-order valence-electron chi connectivity index (χ3n) is 6.72. The number of nitrogens with two attached hydrogens (primary N) is 1. The van der Waals surface area contributed by atoms with Crippen LogP contribution in [0, 0.1) is 0 Å². The van der Waals surface area contributed by atoms with Crippen molar-refractivity contribution in [3.8, 4) is 11.5 Å². The van der Waals surface area contributed by atoms with Gasteiger partial charge in [0.15, 0.2) is 11.5 Å². The van der Waals surface area contributed by atoms with Gasteiger partial charge >= 0.3 is 5.69 Å². The molecular formula is C27H25N5O4. The molecule has 0 aliphatic carbocycles. The maximum Gasteiger partial charge on any atom is 0.350 e. The van der Waals surface area contributed by atoms with E-state index in [2.05, 4.69) is 22.0 Å². The number of carbonyl (C=O) groups is 1. The predicted molar refractivity (Wildman–Crippen MR) is 137 cm³/mol. The first-order valence-corrected chi connectivity index (χ1v) is 11.8. The second-order valence-corrected chi connectivity index (χ2v) is 8.90. The number of hydrogen-bond donors (Lipinski definition) is 1. The zero-order chi connectivity index (χ0) is 24.6. The highest BCUT2D eigenvalue weighted by atomic mass is 16.7. The molecule has 0 spiro atoms. The van der Waals surface area contributed by atoms with Gasteiger partial charge in [0.05, 0.1) is 12.1 Å². The molecule has 3 aromatic carbocycles. The Morgan fingerprint density at radius 3 is 2.50 bits per heavy atom. The lowest BCUT2D eigenvalue weighted by Crippen LogP contribution is -2.48. The molecule has 6 rings (SSSR count). The summed E-state index contributed by atoms with van der Waals surface area (Å²) in [6, 6.07) is 20.9. The van der Waals surface area contributed by atoms with Crippen LogP contribution in [-0.4, -0.2) is 53.3 Å². The second kappa shape index (κ2) is 8.92. The first-order chi connectivity index (χ1) is 17.6. The fourth-order valence-corrected chi connectivity index (χ4v) is 4.75. The van der Waals surface area contributed by atoms with E-state index in [0.717, 1.165) is 24.3 Å². The number of fused-ring (bicyclic) bond motifs is 2. The van der Waals surface area contributed by atoms with Crippen LogP contribution in [0.5, 0.6) is 11.5 Å². The Labute approximate surface area is 207 Å². The molecule has 4 aromatic rings. The highest BCUT2D eigenvalue weighted by Crippen LogP contribution is 2.33. The number of amides is 1. The Morgan fingerprint density at radius 2 is 1.69 bits per heavy atom. The summed E-state index contributed by atoms with van der Waals surface area (Å²) >= 11 is 0. The summed E-state index contributed by atoms with van der Waals surface area (Å²) in [5, 5.41) is 0.626. The number of nitrogen functional groups attached to an aromatic ring is 1. The molecule has 2 aliphatic heterocycles. The highest BCUT2D eigenvalue weighted by Gasteiger charge is 2.23. The summed E-state index contributed by atoms with van der Waals surface area (Å²) < 4.78 is 12.2. The molecule has 1 fully saturated rings. The fourth-order valence-electron chi connectivity index (χ4n) is 4.75. The first kappa shape index (κ1) is 22.0. The van der Waals surface area contributed by atoms with Crippen molar-refractivity contribution in [2.24, 2.45) is 0 Å². The third kappa shape index (κ3) is 3.98. The summed E-state index contributed by atoms with van der Waals surface area (Å²) in [6.45, 7) is 3.20. The van der Waals surface area contributed by atoms with Crippen molar-refractivity contribution < 1.29 is 14.3 Å². The number of hydrogen-bond acceptors (Lipinski definition) is 7. The minimum Gasteiger partial charge on any atom is -0.454 e. The number of anilines is 2. The van der Waals surface area contributed by atoms with Gasteiger partial charge in [0.25, 0.3) is 5.91 Å². The standard InChI is InChI=1S/C27H25N5O4/c28-25-21-8-7-19(26(33)31-12-10-30(11-13-31)20-4-2-1-3-5-20)15-22(21)29-27(34)32(25)16-18-6-9-23-24(14-18)36-17-35-23/h1-9,14-15H,10-13,16-17,28H2. The van der Waals surface area contributed by atoms with Gasteiger partial charge in [-0.25, -0.2) is 4.79 Å². The summed E-state index contributed by atoms with van der Waals surface area (Å²) in [4.78, 5) is 34.4. The molecule has 1 aromatic heterocycles. The van der Waals surface area contributed by atoms with Gasteiger partial charge in [-0.2, -0.15) is 4.98 Å². The fraction of sp³-hybridized carbons (Fsp3) is 0.222. The van der Waals surface area contributed by atoms with Gasteiger partial charge in [-0.1, -0.05) is 24.3 Å². The zero-order valence-electron chi connectivity index (χ0n) is 19.6. The van der Waals surface area contributed by atoms with Crippen molar-refractivity contribution in [2.75, 3.05) is 43.6 Å². The van der Waals surface area contributed by atoms with Gasteiger partial charge in [-0.05, 0) is 48.0 Å². The highest BCUT2D eigenvalue weighted by molar-refractivity contribution is 5.99. The molecule has 9 heteroatoms. The van der Waals surface area contributed by atoms with Crippen LogP contribution < -0.4 is 25.8 Å². The lowest BCUT2D eigenvalue weighted by Gasteiger charge is -2.36. The van der Waals surface area contributed by atoms with E-state index < -0.39 is 5.69 Å². The van der Waals surface area contributed by atoms with Gasteiger partial charge in [0, 0.05) is 42.8 Å². The molecule has 1 amide bonds. The summed E-state index contributed by atoms with van der Waals surface area (Å²) in [6.07, 6.45) is 0. The van der Waals surface area contributed by atoms with Crippen LogP contribution in [0.3, 0.4) is 0 Å². The van der Waals surface area contributed by atoms with E-state index in [0.29, 0.717) is 46.9 Å². The Morgan fingerprint density at radius 1 is 0.917 bits per heavy atom. The van der Waals surface area contributed by atoms with Crippen molar-refractivity contribution in [1.29, 1.82) is 0 Å². The molecule has 0 radical (unpaired) electrons. The molecule has 1 saturated heterocycles. The van der Waals surface area contributed by atoms with Crippen LogP contribution in [-0.2, 0) is 6.54 Å². The minimum absolute atomic E-state index is 0.0745. The maximum absolute atomic E-state index is 13.2. The van der Waals surface area contributed by atoms with Crippen molar-refractivity contribution in [3.63, 3.8) is 0 Å². The summed E-state index contributed by atoms with van der Waals surface area (Å²) in [5.74, 6) is 1.54. The van der Waals surface area contributed by atoms with E-state index in [1.165, 1.54) is 4.57 Å². The second-order valence-electron chi connectivity index (χ2n) is 8.90. The quantitative estimate of drug-likeness (QED) is 0.476. The average molecular weight is 484 g/mol. The molecule has 0 atom stereocenters. The lowest BCUT2D eigenvalue weighted by atomic mass is 10.1. The van der Waals surface area contributed by atoms with Crippen molar-refractivity contribution in [1.82, 2.24) is 14.5 Å². The van der Waals surface area contributed by atoms with Crippen LogP contribution in [0.1, 0.15) is 15.9 Å². The number of benzene rings is 3. The van der Waals surface area contributed by atoms with E-state index in [1.807, 2.05) is 41.3 Å². The van der Waals surface area contributed by atoms with E-state index in [-0.39, 0.29) is 19.2 Å². The van der Waals surface area contributed by atoms with Gasteiger partial charge in [0.1, 0.15) is 5.82 Å². The molecule has 182 valence electrons. The van der Waals surface area contributed by atoms with E-state index in [9.17, 15) is 9.59 Å². The van der Waals surface area contributed by atoms with Crippen LogP contribution >= 0.6 is 0 Å². The Hall–Kier alpha value is -4.53. The first-order valence-electron chi connectivity index (χ1n) is 11.8. The number of nitrogens with zero attached hydrogens (tertiary/aromatic N) is 4. The van der Waals surface area contributed by atoms with Crippen LogP contribution in [0.25, 0.3) is 10.9 Å². The smallest absolute Gasteiger partial charge is 0.350 e. The number of rotatable bonds is 4. The lowest BCUT2D eigenvalue weighted by molar-refractivity contribution is 0.0747. The van der Waals surface area contributed by atoms with E-state index >= 15 is 0 Å². The van der Waals surface area contributed by atoms with Gasteiger partial charge in [-0.3, -0.25) is 9.36 Å². The normalized spacial score (nSPS) is 14.9. The molecule has 9 nitrogen and oxygen atoms in total. The third-order valence-corrected chi connectivity index (χ3v) is 6.72. The Kier molecular flexibility index (Phi) is 5.44. The summed E-state index contributed by atoms with van der Waals surface area (Å²) in [5.41, 5.74) is 8.82. The number of para-hydroxylation sites is 1. The van der Waals surface area contributed by atoms with E-state index in [4.69, 9.17) is 15.2 Å². The predicted octanol–water partition coefficient (Wildman–Crippen LogP) is 2.72. The molecule has 0 unspecified atom stereocenters.